The SMILES string of the molecule is COc1cccc2c1CC[C@H](N(CCc1cccs1)CCc1cccs1)C2.Cl. The van der Waals surface area contributed by atoms with Crippen LogP contribution in [0.25, 0.3) is 0 Å². The molecule has 0 aliphatic heterocycles. The third-order valence-corrected chi connectivity index (χ3v) is 7.47. The normalized spacial score (nSPS) is 15.9. The molecule has 2 aromatic heterocycles. The molecule has 5 heteroatoms. The van der Waals surface area contributed by atoms with Crippen LogP contribution in [0.15, 0.2) is 53.2 Å². The number of nitrogens with zero attached hydrogens (tertiary/aromatic N) is 1. The molecule has 0 bridgehead atoms. The third-order valence-electron chi connectivity index (χ3n) is 5.60. The molecule has 0 saturated carbocycles. The van der Waals surface area contributed by atoms with Gasteiger partial charge in [0, 0.05) is 28.9 Å². The van der Waals surface area contributed by atoms with Gasteiger partial charge in [0.2, 0.25) is 0 Å². The predicted octanol–water partition coefficient (Wildman–Crippen LogP) is 5.88. The predicted molar refractivity (Wildman–Crippen MR) is 124 cm³/mol. The van der Waals surface area contributed by atoms with Crippen LogP contribution in [0.4, 0.5) is 0 Å². The molecule has 1 aliphatic carbocycles. The van der Waals surface area contributed by atoms with Crippen LogP contribution in [0.3, 0.4) is 0 Å². The molecule has 0 radical (unpaired) electrons. The van der Waals surface area contributed by atoms with E-state index in [1.54, 1.807) is 7.11 Å². The number of thiophene rings is 2. The maximum absolute atomic E-state index is 5.59. The Hall–Kier alpha value is -1.33. The molecule has 1 atom stereocenters. The van der Waals surface area contributed by atoms with E-state index in [1.165, 1.54) is 27.3 Å². The Balaban J connectivity index is 0.00000225. The van der Waals surface area contributed by atoms with Gasteiger partial charge in [0.15, 0.2) is 0 Å². The Bertz CT molecular complexity index is 794. The average Bonchev–Trinajstić information content (AvgIpc) is 3.41. The smallest absolute Gasteiger partial charge is 0.122 e. The zero-order valence-electron chi connectivity index (χ0n) is 16.3. The lowest BCUT2D eigenvalue weighted by Gasteiger charge is -2.35. The van der Waals surface area contributed by atoms with E-state index < -0.39 is 0 Å². The van der Waals surface area contributed by atoms with Gasteiger partial charge >= 0.3 is 0 Å². The van der Waals surface area contributed by atoms with E-state index in [9.17, 15) is 0 Å². The second-order valence-electron chi connectivity index (χ2n) is 7.19. The van der Waals surface area contributed by atoms with Gasteiger partial charge in [0.05, 0.1) is 7.11 Å². The molecule has 0 spiro atoms. The number of rotatable bonds is 8. The standard InChI is InChI=1S/C23H27NOS2.ClH/c1-25-23-8-2-5-18-17-19(9-10-22(18)23)24(13-11-20-6-3-15-26-20)14-12-21-7-4-16-27-21;/h2-8,15-16,19H,9-14,17H2,1H3;1H/t19-;/m0./s1. The molecule has 2 heterocycles. The van der Waals surface area contributed by atoms with Gasteiger partial charge < -0.3 is 4.74 Å². The maximum Gasteiger partial charge on any atom is 0.122 e. The molecule has 0 fully saturated rings. The topological polar surface area (TPSA) is 12.5 Å². The van der Waals surface area contributed by atoms with Crippen molar-refractivity contribution in [2.75, 3.05) is 20.2 Å². The van der Waals surface area contributed by atoms with Crippen molar-refractivity contribution in [2.24, 2.45) is 0 Å². The summed E-state index contributed by atoms with van der Waals surface area (Å²) in [5.74, 6) is 1.06. The number of benzene rings is 1. The zero-order valence-corrected chi connectivity index (χ0v) is 18.8. The molecule has 0 amide bonds. The molecule has 0 saturated heterocycles. The summed E-state index contributed by atoms with van der Waals surface area (Å²) >= 11 is 3.76. The lowest BCUT2D eigenvalue weighted by atomic mass is 9.86. The monoisotopic (exact) mass is 433 g/mol. The summed E-state index contributed by atoms with van der Waals surface area (Å²) in [6, 6.07) is 16.0. The fourth-order valence-corrected chi connectivity index (χ4v) is 5.55. The van der Waals surface area contributed by atoms with E-state index in [0.29, 0.717) is 6.04 Å². The van der Waals surface area contributed by atoms with Crippen LogP contribution in [0.2, 0.25) is 0 Å². The highest BCUT2D eigenvalue weighted by Crippen LogP contribution is 2.31. The summed E-state index contributed by atoms with van der Waals surface area (Å²) in [5, 5.41) is 4.38. The quantitative estimate of drug-likeness (QED) is 0.439. The summed E-state index contributed by atoms with van der Waals surface area (Å²) < 4.78 is 5.59. The molecule has 28 heavy (non-hydrogen) atoms. The first kappa shape index (κ1) is 21.4. The van der Waals surface area contributed by atoms with Crippen molar-refractivity contribution in [3.63, 3.8) is 0 Å². The molecule has 0 unspecified atom stereocenters. The highest BCUT2D eigenvalue weighted by Gasteiger charge is 2.25. The van der Waals surface area contributed by atoms with Gasteiger partial charge in [-0.3, -0.25) is 4.90 Å². The van der Waals surface area contributed by atoms with Gasteiger partial charge in [-0.1, -0.05) is 24.3 Å². The molecule has 150 valence electrons. The molecule has 2 nitrogen and oxygen atoms in total. The summed E-state index contributed by atoms with van der Waals surface area (Å²) in [6.07, 6.45) is 5.80. The molecule has 3 aromatic rings. The van der Waals surface area contributed by atoms with Gasteiger partial charge in [-0.15, -0.1) is 35.1 Å². The summed E-state index contributed by atoms with van der Waals surface area (Å²) in [5.41, 5.74) is 2.90. The Morgan fingerprint density at radius 3 is 2.21 bits per heavy atom. The van der Waals surface area contributed by atoms with Crippen LogP contribution in [-0.4, -0.2) is 31.1 Å². The van der Waals surface area contributed by atoms with Crippen LogP contribution in [0, 0.1) is 0 Å². The largest absolute Gasteiger partial charge is 0.496 e. The summed E-state index contributed by atoms with van der Waals surface area (Å²) in [7, 11) is 1.79. The minimum atomic E-state index is 0. The molecule has 1 aliphatic rings. The van der Waals surface area contributed by atoms with Crippen molar-refractivity contribution >= 4 is 35.1 Å². The van der Waals surface area contributed by atoms with Gasteiger partial charge in [-0.2, -0.15) is 0 Å². The van der Waals surface area contributed by atoms with E-state index in [-0.39, 0.29) is 12.4 Å². The van der Waals surface area contributed by atoms with Crippen molar-refractivity contribution in [2.45, 2.75) is 38.1 Å². The Morgan fingerprint density at radius 1 is 0.964 bits per heavy atom. The van der Waals surface area contributed by atoms with Crippen LogP contribution >= 0.6 is 35.1 Å². The highest BCUT2D eigenvalue weighted by molar-refractivity contribution is 7.10. The lowest BCUT2D eigenvalue weighted by Crippen LogP contribution is -2.41. The molecule has 0 N–H and O–H groups in total. The van der Waals surface area contributed by atoms with Crippen molar-refractivity contribution < 1.29 is 4.74 Å². The van der Waals surface area contributed by atoms with E-state index in [2.05, 4.69) is 58.1 Å². The summed E-state index contributed by atoms with van der Waals surface area (Å²) in [4.78, 5) is 5.73. The number of halogens is 1. The van der Waals surface area contributed by atoms with Crippen molar-refractivity contribution in [3.8, 4) is 5.75 Å². The maximum atomic E-state index is 5.59. The van der Waals surface area contributed by atoms with Crippen LogP contribution < -0.4 is 4.74 Å². The fourth-order valence-electron chi connectivity index (χ4n) is 4.15. The van der Waals surface area contributed by atoms with Crippen molar-refractivity contribution in [3.05, 3.63) is 74.1 Å². The fraction of sp³-hybridized carbons (Fsp3) is 0.391. The highest BCUT2D eigenvalue weighted by atomic mass is 35.5. The third kappa shape index (κ3) is 5.18. The van der Waals surface area contributed by atoms with Crippen molar-refractivity contribution in [1.82, 2.24) is 4.90 Å². The summed E-state index contributed by atoms with van der Waals surface area (Å²) in [6.45, 7) is 2.30. The number of hydrogen-bond donors (Lipinski definition) is 0. The van der Waals surface area contributed by atoms with Crippen LogP contribution in [-0.2, 0) is 25.7 Å². The number of methoxy groups -OCH3 is 1. The Morgan fingerprint density at radius 2 is 1.64 bits per heavy atom. The van der Waals surface area contributed by atoms with E-state index in [0.717, 1.165) is 44.5 Å². The molecular formula is C23H28ClNOS2. The first-order chi connectivity index (χ1) is 13.3. The molecular weight excluding hydrogens is 406 g/mol. The lowest BCUT2D eigenvalue weighted by molar-refractivity contribution is 0.183. The van der Waals surface area contributed by atoms with Gasteiger partial charge in [0.1, 0.15) is 5.75 Å². The van der Waals surface area contributed by atoms with Gasteiger partial charge in [-0.25, -0.2) is 0 Å². The van der Waals surface area contributed by atoms with Crippen LogP contribution in [0.1, 0.15) is 27.3 Å². The number of ether oxygens (including phenoxy) is 1. The van der Waals surface area contributed by atoms with E-state index >= 15 is 0 Å². The second kappa shape index (κ2) is 10.4. The first-order valence-corrected chi connectivity index (χ1v) is 11.5. The Labute approximate surface area is 182 Å². The number of fused-ring (bicyclic) bond motifs is 1. The van der Waals surface area contributed by atoms with Gasteiger partial charge in [0.25, 0.3) is 0 Å². The first-order valence-electron chi connectivity index (χ1n) is 9.77. The minimum Gasteiger partial charge on any atom is -0.496 e. The minimum absolute atomic E-state index is 0. The molecule has 1 aromatic carbocycles. The number of hydrogen-bond acceptors (Lipinski definition) is 4. The van der Waals surface area contributed by atoms with Crippen LogP contribution in [0.5, 0.6) is 5.75 Å². The van der Waals surface area contributed by atoms with E-state index in [1.807, 2.05) is 22.7 Å². The second-order valence-corrected chi connectivity index (χ2v) is 9.25. The Kier molecular flexibility index (Phi) is 7.98. The average molecular weight is 434 g/mol. The zero-order chi connectivity index (χ0) is 18.5. The molecule has 4 rings (SSSR count). The van der Waals surface area contributed by atoms with E-state index in [4.69, 9.17) is 4.74 Å². The van der Waals surface area contributed by atoms with Crippen molar-refractivity contribution in [1.29, 1.82) is 0 Å². The van der Waals surface area contributed by atoms with Gasteiger partial charge in [-0.05, 0) is 72.2 Å².